The van der Waals surface area contributed by atoms with Gasteiger partial charge < -0.3 is 11.5 Å². The molecule has 1 aliphatic rings. The monoisotopic (exact) mass is 306 g/mol. The summed E-state index contributed by atoms with van der Waals surface area (Å²) >= 11 is 0. The van der Waals surface area contributed by atoms with Gasteiger partial charge in [0.1, 0.15) is 0 Å². The Kier molecular flexibility index (Phi) is 4.10. The molecular weight excluding hydrogens is 284 g/mol. The Morgan fingerprint density at radius 1 is 1.05 bits per heavy atom. The van der Waals surface area contributed by atoms with E-state index in [2.05, 4.69) is 0 Å². The van der Waals surface area contributed by atoms with Crippen LogP contribution in [0.4, 0.5) is 0 Å². The molecule has 114 valence electrons. The Bertz CT molecular complexity index is 669. The molecule has 0 bridgehead atoms. The SMILES string of the molecule is CCC1(CC)C=C(S(=O)(=O)c2ccccc2)C=CC1(N)N. The van der Waals surface area contributed by atoms with Crippen LogP contribution in [-0.2, 0) is 9.84 Å². The maximum atomic E-state index is 12.7. The van der Waals surface area contributed by atoms with Crippen molar-refractivity contribution in [1.29, 1.82) is 0 Å². The lowest BCUT2D eigenvalue weighted by atomic mass is 9.69. The lowest BCUT2D eigenvalue weighted by Gasteiger charge is -2.44. The van der Waals surface area contributed by atoms with Gasteiger partial charge in [-0.2, -0.15) is 0 Å². The van der Waals surface area contributed by atoms with Crippen LogP contribution in [0.5, 0.6) is 0 Å². The van der Waals surface area contributed by atoms with Gasteiger partial charge in [-0.25, -0.2) is 8.42 Å². The Hall–Kier alpha value is -1.43. The van der Waals surface area contributed by atoms with E-state index in [1.54, 1.807) is 42.5 Å². The fourth-order valence-corrected chi connectivity index (χ4v) is 4.22. The van der Waals surface area contributed by atoms with Crippen LogP contribution in [0.1, 0.15) is 26.7 Å². The first-order valence-corrected chi connectivity index (χ1v) is 8.57. The summed E-state index contributed by atoms with van der Waals surface area (Å²) < 4.78 is 25.4. The van der Waals surface area contributed by atoms with Crippen molar-refractivity contribution >= 4 is 9.84 Å². The molecule has 0 radical (unpaired) electrons. The largest absolute Gasteiger partial charge is 0.309 e. The summed E-state index contributed by atoms with van der Waals surface area (Å²) in [5.41, 5.74) is 10.8. The van der Waals surface area contributed by atoms with Crippen molar-refractivity contribution in [2.24, 2.45) is 16.9 Å². The van der Waals surface area contributed by atoms with E-state index >= 15 is 0 Å². The van der Waals surface area contributed by atoms with Crippen molar-refractivity contribution < 1.29 is 8.42 Å². The molecule has 0 unspecified atom stereocenters. The first kappa shape index (κ1) is 15.9. The van der Waals surface area contributed by atoms with Crippen LogP contribution < -0.4 is 11.5 Å². The van der Waals surface area contributed by atoms with E-state index in [-0.39, 0.29) is 9.80 Å². The highest BCUT2D eigenvalue weighted by Crippen LogP contribution is 2.42. The molecule has 0 saturated heterocycles. The lowest BCUT2D eigenvalue weighted by molar-refractivity contribution is 0.212. The molecular formula is C16H22N2O2S. The van der Waals surface area contributed by atoms with Crippen molar-refractivity contribution in [2.75, 3.05) is 0 Å². The van der Waals surface area contributed by atoms with Crippen molar-refractivity contribution in [3.05, 3.63) is 53.5 Å². The van der Waals surface area contributed by atoms with Gasteiger partial charge in [0, 0.05) is 5.41 Å². The van der Waals surface area contributed by atoms with Gasteiger partial charge >= 0.3 is 0 Å². The summed E-state index contributed by atoms with van der Waals surface area (Å²) in [4.78, 5) is 0.549. The summed E-state index contributed by atoms with van der Waals surface area (Å²) in [6.45, 7) is 3.95. The molecule has 4 N–H and O–H groups in total. The highest BCUT2D eigenvalue weighted by atomic mass is 32.2. The third-order valence-electron chi connectivity index (χ3n) is 4.43. The fourth-order valence-electron chi connectivity index (χ4n) is 2.80. The average molecular weight is 306 g/mol. The summed E-state index contributed by atoms with van der Waals surface area (Å²) in [6.07, 6.45) is 6.21. The van der Waals surface area contributed by atoms with E-state index in [1.807, 2.05) is 13.8 Å². The Labute approximate surface area is 126 Å². The van der Waals surface area contributed by atoms with Crippen molar-refractivity contribution in [1.82, 2.24) is 0 Å². The Balaban J connectivity index is 2.56. The summed E-state index contributed by atoms with van der Waals surface area (Å²) in [5, 5.41) is 0. The predicted octanol–water partition coefficient (Wildman–Crippen LogP) is 2.33. The molecule has 1 aromatic carbocycles. The standard InChI is InChI=1S/C16H22N2O2S/c1-3-15(4-2)12-14(10-11-16(15,17)18)21(19,20)13-8-6-5-7-9-13/h5-12H,3-4,17-18H2,1-2H3. The van der Waals surface area contributed by atoms with Gasteiger partial charge in [-0.3, -0.25) is 0 Å². The number of sulfone groups is 1. The maximum Gasteiger partial charge on any atom is 0.206 e. The second-order valence-corrected chi connectivity index (χ2v) is 7.44. The van der Waals surface area contributed by atoms with Crippen molar-refractivity contribution in [3.8, 4) is 0 Å². The molecule has 0 aromatic heterocycles. The molecule has 1 aromatic rings. The third-order valence-corrected chi connectivity index (χ3v) is 6.20. The van der Waals surface area contributed by atoms with E-state index in [0.717, 1.165) is 0 Å². The molecule has 0 atom stereocenters. The lowest BCUT2D eigenvalue weighted by Crippen LogP contribution is -2.61. The molecule has 1 aliphatic carbocycles. The van der Waals surface area contributed by atoms with Gasteiger partial charge in [-0.15, -0.1) is 0 Å². The molecule has 0 aliphatic heterocycles. The predicted molar refractivity (Wildman–Crippen MR) is 85.0 cm³/mol. The van der Waals surface area contributed by atoms with Crippen molar-refractivity contribution in [3.63, 3.8) is 0 Å². The number of allylic oxidation sites excluding steroid dienone is 1. The highest BCUT2D eigenvalue weighted by molar-refractivity contribution is 7.95. The number of rotatable bonds is 4. The molecule has 0 heterocycles. The van der Waals surface area contributed by atoms with E-state index in [1.165, 1.54) is 6.08 Å². The van der Waals surface area contributed by atoms with E-state index in [0.29, 0.717) is 12.8 Å². The van der Waals surface area contributed by atoms with Gasteiger partial charge in [-0.1, -0.05) is 38.1 Å². The number of nitrogens with two attached hydrogens (primary N) is 2. The van der Waals surface area contributed by atoms with Crippen LogP contribution in [0.3, 0.4) is 0 Å². The minimum atomic E-state index is -3.54. The smallest absolute Gasteiger partial charge is 0.206 e. The minimum Gasteiger partial charge on any atom is -0.309 e. The van der Waals surface area contributed by atoms with Gasteiger partial charge in [-0.05, 0) is 37.1 Å². The fraction of sp³-hybridized carbons (Fsp3) is 0.375. The number of hydrogen-bond donors (Lipinski definition) is 2. The van der Waals surface area contributed by atoms with Crippen molar-refractivity contribution in [2.45, 2.75) is 37.2 Å². The van der Waals surface area contributed by atoms with Crippen LogP contribution in [0.15, 0.2) is 58.4 Å². The molecule has 2 rings (SSSR count). The Morgan fingerprint density at radius 2 is 1.62 bits per heavy atom. The minimum absolute atomic E-state index is 0.268. The summed E-state index contributed by atoms with van der Waals surface area (Å²) in [6, 6.07) is 8.40. The first-order valence-electron chi connectivity index (χ1n) is 7.09. The molecule has 0 saturated carbocycles. The van der Waals surface area contributed by atoms with E-state index in [4.69, 9.17) is 11.5 Å². The first-order chi connectivity index (χ1) is 9.79. The maximum absolute atomic E-state index is 12.7. The van der Waals surface area contributed by atoms with Crippen LogP contribution in [0.25, 0.3) is 0 Å². The number of benzene rings is 1. The second kappa shape index (κ2) is 5.40. The van der Waals surface area contributed by atoms with Gasteiger partial charge in [0.2, 0.25) is 9.84 Å². The summed E-state index contributed by atoms with van der Waals surface area (Å²) in [5.74, 6) is 0. The third kappa shape index (κ3) is 2.57. The zero-order valence-corrected chi connectivity index (χ0v) is 13.2. The van der Waals surface area contributed by atoms with E-state index in [9.17, 15) is 8.42 Å². The second-order valence-electron chi connectivity index (χ2n) is 5.49. The van der Waals surface area contributed by atoms with Gasteiger partial charge in [0.15, 0.2) is 0 Å². The highest BCUT2D eigenvalue weighted by Gasteiger charge is 2.43. The summed E-state index contributed by atoms with van der Waals surface area (Å²) in [7, 11) is -3.54. The normalized spacial score (nSPS) is 20.1. The van der Waals surface area contributed by atoms with Gasteiger partial charge in [0.25, 0.3) is 0 Å². The van der Waals surface area contributed by atoms with Crippen LogP contribution in [-0.4, -0.2) is 14.1 Å². The molecule has 4 nitrogen and oxygen atoms in total. The quantitative estimate of drug-likeness (QED) is 0.836. The molecule has 0 amide bonds. The topological polar surface area (TPSA) is 86.2 Å². The average Bonchev–Trinajstić information content (AvgIpc) is 2.48. The Morgan fingerprint density at radius 3 is 2.14 bits per heavy atom. The molecule has 0 fully saturated rings. The van der Waals surface area contributed by atoms with Crippen LogP contribution >= 0.6 is 0 Å². The van der Waals surface area contributed by atoms with Crippen LogP contribution in [0.2, 0.25) is 0 Å². The molecule has 21 heavy (non-hydrogen) atoms. The molecule has 0 spiro atoms. The van der Waals surface area contributed by atoms with Crippen LogP contribution in [0, 0.1) is 5.41 Å². The zero-order valence-electron chi connectivity index (χ0n) is 12.4. The zero-order chi connectivity index (χ0) is 15.7. The number of hydrogen-bond acceptors (Lipinski definition) is 4. The van der Waals surface area contributed by atoms with Gasteiger partial charge in [0.05, 0.1) is 15.5 Å². The molecule has 5 heteroatoms. The van der Waals surface area contributed by atoms with E-state index < -0.39 is 20.9 Å².